The standard InChI is InChI=1S/C30H32NO5.ClH/c1-4-5-6-7-8-9-23(32)19(3)29-27-21(10-11-24-30(27)36-17-33-24)18(2)28-22-15-26-25(34-16-35-26)14-20(22)12-13-31(28)29;/h10-11,14-15H,3-9,12-13,16-17H2,1-2H3;1H/q+1;/p-1. The number of rotatable bonds is 8. The molecule has 0 radical (unpaired) electrons. The average Bonchev–Trinajstić information content (AvgIpc) is 3.56. The summed E-state index contributed by atoms with van der Waals surface area (Å²) in [5.41, 5.74) is 5.95. The lowest BCUT2D eigenvalue weighted by molar-refractivity contribution is -0.688. The highest BCUT2D eigenvalue weighted by molar-refractivity contribution is 6.22. The highest BCUT2D eigenvalue weighted by atomic mass is 35.5. The number of carbonyl (C=O) groups is 1. The van der Waals surface area contributed by atoms with E-state index in [1.165, 1.54) is 24.8 Å². The van der Waals surface area contributed by atoms with Crippen LogP contribution in [0.15, 0.2) is 30.8 Å². The summed E-state index contributed by atoms with van der Waals surface area (Å²) in [5.74, 6) is 3.07. The van der Waals surface area contributed by atoms with Gasteiger partial charge >= 0.3 is 0 Å². The normalized spacial score (nSPS) is 14.2. The molecule has 0 unspecified atom stereocenters. The summed E-state index contributed by atoms with van der Waals surface area (Å²) in [6.45, 7) is 9.85. The van der Waals surface area contributed by atoms with E-state index < -0.39 is 0 Å². The molecule has 0 aliphatic carbocycles. The third-order valence-corrected chi connectivity index (χ3v) is 7.66. The number of aryl methyl sites for hydroxylation is 2. The Labute approximate surface area is 223 Å². The quantitative estimate of drug-likeness (QED) is 0.259. The lowest BCUT2D eigenvalue weighted by Gasteiger charge is -2.22. The Balaban J connectivity index is 0.00000280. The molecule has 0 amide bonds. The third kappa shape index (κ3) is 4.21. The predicted octanol–water partition coefficient (Wildman–Crippen LogP) is 3.06. The maximum atomic E-state index is 13.5. The maximum Gasteiger partial charge on any atom is 0.231 e. The second-order valence-electron chi connectivity index (χ2n) is 9.87. The van der Waals surface area contributed by atoms with Crippen LogP contribution in [0.1, 0.15) is 62.3 Å². The van der Waals surface area contributed by atoms with Crippen molar-refractivity contribution >= 4 is 22.1 Å². The van der Waals surface area contributed by atoms with Crippen LogP contribution >= 0.6 is 0 Å². The van der Waals surface area contributed by atoms with E-state index >= 15 is 0 Å². The van der Waals surface area contributed by atoms with E-state index in [4.69, 9.17) is 18.9 Å². The molecular formula is C30H32ClNO5. The number of benzene rings is 2. The van der Waals surface area contributed by atoms with Crippen molar-refractivity contribution in [3.05, 3.63) is 47.7 Å². The van der Waals surface area contributed by atoms with Crippen molar-refractivity contribution in [1.29, 1.82) is 0 Å². The van der Waals surface area contributed by atoms with Crippen LogP contribution in [0.4, 0.5) is 0 Å². The number of unbranched alkanes of at least 4 members (excludes halogenated alkanes) is 4. The molecule has 6 nitrogen and oxygen atoms in total. The molecule has 0 bridgehead atoms. The van der Waals surface area contributed by atoms with Crippen LogP contribution in [0, 0.1) is 6.92 Å². The Morgan fingerprint density at radius 1 is 0.973 bits per heavy atom. The number of hydrogen-bond acceptors (Lipinski definition) is 5. The van der Waals surface area contributed by atoms with Gasteiger partial charge in [0, 0.05) is 23.8 Å². The Kier molecular flexibility index (Phi) is 7.04. The third-order valence-electron chi connectivity index (χ3n) is 7.66. The van der Waals surface area contributed by atoms with E-state index in [2.05, 4.69) is 43.2 Å². The van der Waals surface area contributed by atoms with Gasteiger partial charge in [-0.2, -0.15) is 4.57 Å². The van der Waals surface area contributed by atoms with Crippen molar-refractivity contribution in [2.45, 2.75) is 65.3 Å². The zero-order chi connectivity index (χ0) is 24.8. The van der Waals surface area contributed by atoms with Gasteiger partial charge in [-0.25, -0.2) is 0 Å². The fourth-order valence-electron chi connectivity index (χ4n) is 5.80. The fraction of sp³-hybridized carbons (Fsp3) is 0.400. The van der Waals surface area contributed by atoms with Gasteiger partial charge in [0.1, 0.15) is 5.39 Å². The largest absolute Gasteiger partial charge is 1.00 e. The zero-order valence-electron chi connectivity index (χ0n) is 21.5. The molecule has 1 aromatic heterocycles. The molecular weight excluding hydrogens is 490 g/mol. The molecule has 3 aliphatic heterocycles. The Morgan fingerprint density at radius 2 is 1.70 bits per heavy atom. The van der Waals surface area contributed by atoms with Crippen LogP contribution in [0.2, 0.25) is 0 Å². The first kappa shape index (κ1) is 25.4. The van der Waals surface area contributed by atoms with E-state index in [9.17, 15) is 4.79 Å². The first-order valence-electron chi connectivity index (χ1n) is 13.0. The topological polar surface area (TPSA) is 57.9 Å². The average molecular weight is 522 g/mol. The second-order valence-corrected chi connectivity index (χ2v) is 9.87. The molecule has 4 heterocycles. The number of carbonyl (C=O) groups excluding carboxylic acids is 1. The molecule has 37 heavy (non-hydrogen) atoms. The summed E-state index contributed by atoms with van der Waals surface area (Å²) >= 11 is 0. The number of allylic oxidation sites excluding steroid dienone is 1. The van der Waals surface area contributed by atoms with Crippen LogP contribution in [0.3, 0.4) is 0 Å². The zero-order valence-corrected chi connectivity index (χ0v) is 22.2. The van der Waals surface area contributed by atoms with Gasteiger partial charge in [0.2, 0.25) is 25.0 Å². The van der Waals surface area contributed by atoms with Gasteiger partial charge in [-0.1, -0.05) is 39.2 Å². The molecule has 7 heteroatoms. The summed E-state index contributed by atoms with van der Waals surface area (Å²) in [5, 5.41) is 1.96. The van der Waals surface area contributed by atoms with Gasteiger partial charge in [-0.05, 0) is 43.2 Å². The van der Waals surface area contributed by atoms with Crippen LogP contribution in [-0.4, -0.2) is 19.4 Å². The summed E-state index contributed by atoms with van der Waals surface area (Å²) in [6.07, 6.45) is 6.86. The Bertz CT molecular complexity index is 1410. The highest BCUT2D eigenvalue weighted by Crippen LogP contribution is 2.46. The molecule has 0 saturated carbocycles. The molecule has 0 N–H and O–H groups in total. The Hall–Kier alpha value is -3.25. The molecule has 6 rings (SSSR count). The first-order valence-corrected chi connectivity index (χ1v) is 13.0. The van der Waals surface area contributed by atoms with Crippen LogP contribution in [-0.2, 0) is 17.8 Å². The summed E-state index contributed by atoms with van der Waals surface area (Å²) < 4.78 is 25.3. The molecule has 0 fully saturated rings. The lowest BCUT2D eigenvalue weighted by Crippen LogP contribution is -3.00. The van der Waals surface area contributed by atoms with Gasteiger partial charge in [0.15, 0.2) is 35.3 Å². The van der Waals surface area contributed by atoms with Crippen molar-refractivity contribution in [2.75, 3.05) is 13.6 Å². The fourth-order valence-corrected chi connectivity index (χ4v) is 5.80. The minimum atomic E-state index is 0. The highest BCUT2D eigenvalue weighted by Gasteiger charge is 2.37. The molecule has 0 saturated heterocycles. The Morgan fingerprint density at radius 3 is 2.51 bits per heavy atom. The van der Waals surface area contributed by atoms with E-state index in [-0.39, 0.29) is 31.8 Å². The number of pyridine rings is 1. The number of halogens is 1. The summed E-state index contributed by atoms with van der Waals surface area (Å²) in [4.78, 5) is 13.5. The van der Waals surface area contributed by atoms with Gasteiger partial charge in [0.25, 0.3) is 0 Å². The first-order chi connectivity index (χ1) is 17.6. The number of fused-ring (bicyclic) bond motifs is 7. The van der Waals surface area contributed by atoms with Crippen molar-refractivity contribution in [2.24, 2.45) is 0 Å². The van der Waals surface area contributed by atoms with E-state index in [1.54, 1.807) is 0 Å². The number of nitrogens with zero attached hydrogens (tertiary/aromatic N) is 1. The van der Waals surface area contributed by atoms with Crippen molar-refractivity contribution in [1.82, 2.24) is 0 Å². The van der Waals surface area contributed by atoms with Crippen molar-refractivity contribution in [3.8, 4) is 34.3 Å². The van der Waals surface area contributed by atoms with Crippen molar-refractivity contribution < 1.29 is 40.7 Å². The second kappa shape index (κ2) is 10.3. The van der Waals surface area contributed by atoms with Crippen LogP contribution < -0.4 is 35.9 Å². The van der Waals surface area contributed by atoms with Gasteiger partial charge in [-0.3, -0.25) is 4.79 Å². The number of ketones is 1. The lowest BCUT2D eigenvalue weighted by atomic mass is 9.88. The van der Waals surface area contributed by atoms with Crippen LogP contribution in [0.5, 0.6) is 23.0 Å². The van der Waals surface area contributed by atoms with Gasteiger partial charge in [0.05, 0.1) is 11.1 Å². The minimum absolute atomic E-state index is 0. The number of ether oxygens (including phenoxy) is 4. The minimum Gasteiger partial charge on any atom is -1.00 e. The van der Waals surface area contributed by atoms with E-state index in [0.717, 1.165) is 70.6 Å². The van der Waals surface area contributed by atoms with E-state index in [0.29, 0.717) is 23.5 Å². The molecule has 0 atom stereocenters. The van der Waals surface area contributed by atoms with E-state index in [1.807, 2.05) is 6.07 Å². The number of hydrogen-bond donors (Lipinski definition) is 0. The summed E-state index contributed by atoms with van der Waals surface area (Å²) in [6, 6.07) is 8.21. The van der Waals surface area contributed by atoms with Gasteiger partial charge < -0.3 is 31.4 Å². The predicted molar refractivity (Wildman–Crippen MR) is 138 cm³/mol. The maximum absolute atomic E-state index is 13.5. The molecule has 194 valence electrons. The van der Waals surface area contributed by atoms with Crippen molar-refractivity contribution in [3.63, 3.8) is 0 Å². The number of aromatic nitrogens is 1. The van der Waals surface area contributed by atoms with Crippen LogP contribution in [0.25, 0.3) is 27.6 Å². The van der Waals surface area contributed by atoms with Gasteiger partial charge in [-0.15, -0.1) is 0 Å². The monoisotopic (exact) mass is 521 g/mol. The summed E-state index contributed by atoms with van der Waals surface area (Å²) in [7, 11) is 0. The molecule has 2 aromatic carbocycles. The molecule has 3 aliphatic rings. The smallest absolute Gasteiger partial charge is 0.231 e. The SMILES string of the molecule is C=C(C(=O)CCCCCCC)c1c2c3c(ccc2c(C)c2[n+]1CCc1cc4c(cc1-2)OCO4)OCO3.[Cl-]. The molecule has 0 spiro atoms. The molecule has 3 aromatic rings. The number of Topliss-reactive ketones (excluding diaryl/α,β-unsaturated/α-hetero) is 1.